The van der Waals surface area contributed by atoms with E-state index >= 15 is 0 Å². The minimum atomic E-state index is 0.0312. The molecule has 0 aliphatic heterocycles. The number of rotatable bonds is 2. The Morgan fingerprint density at radius 1 is 1.19 bits per heavy atom. The molecule has 0 spiro atoms. The van der Waals surface area contributed by atoms with E-state index in [0.717, 1.165) is 16.7 Å². The van der Waals surface area contributed by atoms with Gasteiger partial charge in [0.2, 0.25) is 0 Å². The van der Waals surface area contributed by atoms with Crippen LogP contribution in [0.1, 0.15) is 34.0 Å². The van der Waals surface area contributed by atoms with E-state index < -0.39 is 0 Å². The van der Waals surface area contributed by atoms with Crippen LogP contribution in [-0.2, 0) is 0 Å². The van der Waals surface area contributed by atoms with E-state index in [-0.39, 0.29) is 5.78 Å². The molecular formula is C18H16N2O. The second-order valence-corrected chi connectivity index (χ2v) is 4.77. The van der Waals surface area contributed by atoms with E-state index in [4.69, 9.17) is 5.73 Å². The van der Waals surface area contributed by atoms with Crippen molar-refractivity contribution in [3.8, 4) is 11.8 Å². The molecular weight excluding hydrogens is 260 g/mol. The fraction of sp³-hybridized carbons (Fsp3) is 0.111. The number of hydrogen-bond donors (Lipinski definition) is 1. The molecule has 0 aliphatic carbocycles. The van der Waals surface area contributed by atoms with E-state index in [1.165, 1.54) is 0 Å². The zero-order valence-electron chi connectivity index (χ0n) is 12.1. The summed E-state index contributed by atoms with van der Waals surface area (Å²) in [6.07, 6.45) is 0. The zero-order valence-corrected chi connectivity index (χ0v) is 12.1. The van der Waals surface area contributed by atoms with Crippen molar-refractivity contribution in [2.75, 3.05) is 5.73 Å². The van der Waals surface area contributed by atoms with Gasteiger partial charge in [0, 0.05) is 16.7 Å². The number of anilines is 1. The molecule has 0 amide bonds. The van der Waals surface area contributed by atoms with E-state index in [9.17, 15) is 4.79 Å². The van der Waals surface area contributed by atoms with Crippen molar-refractivity contribution in [3.05, 3.63) is 58.7 Å². The summed E-state index contributed by atoms with van der Waals surface area (Å²) in [7, 11) is 0. The van der Waals surface area contributed by atoms with E-state index in [1.54, 1.807) is 19.1 Å². The number of aryl methyl sites for hydroxylation is 1. The topological polar surface area (TPSA) is 55.5 Å². The van der Waals surface area contributed by atoms with Crippen LogP contribution in [0.3, 0.4) is 0 Å². The molecule has 0 heterocycles. The Balaban J connectivity index is 2.39. The lowest BCUT2D eigenvalue weighted by atomic mass is 10.0. The van der Waals surface area contributed by atoms with E-state index in [0.29, 0.717) is 16.9 Å². The Bertz CT molecular complexity index is 780. The maximum absolute atomic E-state index is 11.4. The monoisotopic (exact) mass is 276 g/mol. The van der Waals surface area contributed by atoms with Gasteiger partial charge in [0.25, 0.3) is 0 Å². The third-order valence-corrected chi connectivity index (χ3v) is 3.18. The Morgan fingerprint density at radius 3 is 2.57 bits per heavy atom. The van der Waals surface area contributed by atoms with Gasteiger partial charge in [-0.25, -0.2) is 0 Å². The minimum Gasteiger partial charge on any atom is -0.397 e. The number of ketones is 1. The lowest BCUT2D eigenvalue weighted by Crippen LogP contribution is -1.94. The highest BCUT2D eigenvalue weighted by atomic mass is 16.1. The average Bonchev–Trinajstić information content (AvgIpc) is 2.46. The van der Waals surface area contributed by atoms with Gasteiger partial charge in [0.1, 0.15) is 0 Å². The number of hydrogen-bond acceptors (Lipinski definition) is 3. The number of benzene rings is 2. The quantitative estimate of drug-likeness (QED) is 0.395. The number of carbonyl (C=O) groups excluding carboxylic acids is 1. The van der Waals surface area contributed by atoms with Crippen LogP contribution in [0.4, 0.5) is 11.4 Å². The lowest BCUT2D eigenvalue weighted by Gasteiger charge is -2.01. The van der Waals surface area contributed by atoms with Crippen LogP contribution in [0.5, 0.6) is 0 Å². The van der Waals surface area contributed by atoms with Gasteiger partial charge in [0.05, 0.1) is 11.4 Å². The Morgan fingerprint density at radius 2 is 1.95 bits per heavy atom. The van der Waals surface area contributed by atoms with Gasteiger partial charge in [-0.3, -0.25) is 9.79 Å². The first kappa shape index (κ1) is 14.5. The molecule has 0 saturated carbocycles. The summed E-state index contributed by atoms with van der Waals surface area (Å²) in [4.78, 5) is 15.2. The molecule has 2 aromatic carbocycles. The van der Waals surface area contributed by atoms with Crippen molar-refractivity contribution < 1.29 is 4.79 Å². The van der Waals surface area contributed by atoms with Crippen LogP contribution in [-0.4, -0.2) is 12.5 Å². The van der Waals surface area contributed by atoms with Crippen molar-refractivity contribution in [2.24, 2.45) is 4.99 Å². The molecule has 0 bridgehead atoms. The highest BCUT2D eigenvalue weighted by Gasteiger charge is 2.02. The number of nitrogen functional groups attached to an aromatic ring is 1. The normalized spacial score (nSPS) is 9.62. The second kappa shape index (κ2) is 6.06. The lowest BCUT2D eigenvalue weighted by molar-refractivity contribution is 0.101. The fourth-order valence-electron chi connectivity index (χ4n) is 1.89. The van der Waals surface area contributed by atoms with Gasteiger partial charge in [-0.15, -0.1) is 0 Å². The SMILES string of the molecule is C=Nc1ccc(C#Cc2cc(C(C)=O)ccc2C)cc1N. The third kappa shape index (κ3) is 3.37. The first-order valence-electron chi connectivity index (χ1n) is 6.51. The number of Topliss-reactive ketones (excluding diaryl/α,β-unsaturated/α-hetero) is 1. The van der Waals surface area contributed by atoms with Crippen molar-refractivity contribution in [1.29, 1.82) is 0 Å². The number of carbonyl (C=O) groups is 1. The highest BCUT2D eigenvalue weighted by Crippen LogP contribution is 2.21. The van der Waals surface area contributed by atoms with Crippen LogP contribution >= 0.6 is 0 Å². The predicted molar refractivity (Wildman–Crippen MR) is 87.2 cm³/mol. The number of aliphatic imine (C=N–C) groups is 1. The van der Waals surface area contributed by atoms with Gasteiger partial charge < -0.3 is 5.73 Å². The summed E-state index contributed by atoms with van der Waals surface area (Å²) in [6.45, 7) is 6.97. The molecule has 21 heavy (non-hydrogen) atoms. The van der Waals surface area contributed by atoms with Crippen LogP contribution in [0.15, 0.2) is 41.4 Å². The largest absolute Gasteiger partial charge is 0.397 e. The standard InChI is InChI=1S/C18H16N2O/c1-12-4-7-16(13(2)21)11-15(12)8-5-14-6-9-18(20-3)17(19)10-14/h4,6-7,9-11H,3,19H2,1-2H3. The van der Waals surface area contributed by atoms with Crippen molar-refractivity contribution in [1.82, 2.24) is 0 Å². The maximum Gasteiger partial charge on any atom is 0.159 e. The molecule has 2 N–H and O–H groups in total. The first-order chi connectivity index (χ1) is 10.0. The summed E-state index contributed by atoms with van der Waals surface area (Å²) in [6, 6.07) is 10.9. The smallest absolute Gasteiger partial charge is 0.159 e. The van der Waals surface area contributed by atoms with Gasteiger partial charge >= 0.3 is 0 Å². The molecule has 2 rings (SSSR count). The Hall–Kier alpha value is -2.86. The first-order valence-corrected chi connectivity index (χ1v) is 6.51. The minimum absolute atomic E-state index is 0.0312. The van der Waals surface area contributed by atoms with Crippen LogP contribution in [0.25, 0.3) is 0 Å². The highest BCUT2D eigenvalue weighted by molar-refractivity contribution is 5.94. The molecule has 2 aromatic rings. The Kier molecular flexibility index (Phi) is 4.20. The van der Waals surface area contributed by atoms with Crippen LogP contribution < -0.4 is 5.73 Å². The van der Waals surface area contributed by atoms with Gasteiger partial charge in [-0.1, -0.05) is 24.0 Å². The fourth-order valence-corrected chi connectivity index (χ4v) is 1.89. The van der Waals surface area contributed by atoms with Gasteiger partial charge in [-0.05, 0) is 50.4 Å². The van der Waals surface area contributed by atoms with Crippen LogP contribution in [0.2, 0.25) is 0 Å². The average molecular weight is 276 g/mol. The Labute approximate surface area is 124 Å². The molecule has 0 aromatic heterocycles. The van der Waals surface area contributed by atoms with Crippen molar-refractivity contribution in [3.63, 3.8) is 0 Å². The molecule has 0 saturated heterocycles. The summed E-state index contributed by atoms with van der Waals surface area (Å²) in [5, 5.41) is 0. The van der Waals surface area contributed by atoms with Crippen molar-refractivity contribution in [2.45, 2.75) is 13.8 Å². The summed E-state index contributed by atoms with van der Waals surface area (Å²) in [5.74, 6) is 6.17. The molecule has 0 unspecified atom stereocenters. The molecule has 3 nitrogen and oxygen atoms in total. The molecule has 0 aliphatic rings. The summed E-state index contributed by atoms with van der Waals surface area (Å²) in [5.41, 5.74) is 10.4. The number of nitrogens with zero attached hydrogens (tertiary/aromatic N) is 1. The second-order valence-electron chi connectivity index (χ2n) is 4.77. The molecule has 0 radical (unpaired) electrons. The van der Waals surface area contributed by atoms with E-state index in [2.05, 4.69) is 23.6 Å². The zero-order chi connectivity index (χ0) is 15.4. The predicted octanol–water partition coefficient (Wildman–Crippen LogP) is 3.51. The molecule has 104 valence electrons. The van der Waals surface area contributed by atoms with Crippen LogP contribution in [0, 0.1) is 18.8 Å². The van der Waals surface area contributed by atoms with Gasteiger partial charge in [0.15, 0.2) is 5.78 Å². The summed E-state index contributed by atoms with van der Waals surface area (Å²) < 4.78 is 0. The third-order valence-electron chi connectivity index (χ3n) is 3.18. The van der Waals surface area contributed by atoms with Gasteiger partial charge in [-0.2, -0.15) is 0 Å². The molecule has 0 fully saturated rings. The number of nitrogens with two attached hydrogens (primary N) is 1. The van der Waals surface area contributed by atoms with E-state index in [1.807, 2.05) is 31.2 Å². The van der Waals surface area contributed by atoms with Crippen molar-refractivity contribution >= 4 is 23.9 Å². The molecule has 3 heteroatoms. The summed E-state index contributed by atoms with van der Waals surface area (Å²) >= 11 is 0. The maximum atomic E-state index is 11.4. The molecule has 0 atom stereocenters.